The second-order valence-corrected chi connectivity index (χ2v) is 12.2. The van der Waals surface area contributed by atoms with Gasteiger partial charge in [0.25, 0.3) is 5.56 Å². The number of carbonyl (C=O) groups excluding carboxylic acids is 1. The van der Waals surface area contributed by atoms with Gasteiger partial charge in [0.05, 0.1) is 11.6 Å². The molecule has 0 spiro atoms. The molecule has 3 aromatic rings. The molecule has 1 N–H and O–H groups in total. The molecule has 0 unspecified atom stereocenters. The summed E-state index contributed by atoms with van der Waals surface area (Å²) < 4.78 is 17.1. The van der Waals surface area contributed by atoms with Crippen LogP contribution in [0.1, 0.15) is 68.2 Å². The van der Waals surface area contributed by atoms with E-state index in [2.05, 4.69) is 34.6 Å². The Balaban J connectivity index is 1.16. The zero-order valence-electron chi connectivity index (χ0n) is 21.4. The molecule has 1 aromatic carbocycles. The smallest absolute Gasteiger partial charge is 0.333 e. The normalized spacial score (nSPS) is 22.4. The van der Waals surface area contributed by atoms with Crippen LogP contribution in [-0.4, -0.2) is 37.6 Å². The molecule has 6 rings (SSSR count). The molecule has 1 aliphatic heterocycles. The summed E-state index contributed by atoms with van der Waals surface area (Å²) >= 11 is 1.86. The molecule has 0 bridgehead atoms. The number of pyridine rings is 1. The maximum atomic E-state index is 14.1. The molecule has 3 aliphatic rings. The minimum absolute atomic E-state index is 0.0374. The molecule has 3 heterocycles. The molecule has 38 heavy (non-hydrogen) atoms. The lowest BCUT2D eigenvalue weighted by Crippen LogP contribution is -2.46. The molecule has 0 radical (unpaired) electrons. The summed E-state index contributed by atoms with van der Waals surface area (Å²) in [6.07, 6.45) is 7.76. The number of rotatable bonds is 5. The predicted octanol–water partition coefficient (Wildman–Crippen LogP) is 4.17. The molecule has 2 aromatic heterocycles. The number of thioether (sulfide) groups is 1. The largest absolute Gasteiger partial charge is 0.353 e. The van der Waals surface area contributed by atoms with Crippen molar-refractivity contribution < 1.29 is 9.18 Å². The van der Waals surface area contributed by atoms with Gasteiger partial charge in [-0.1, -0.05) is 24.3 Å². The summed E-state index contributed by atoms with van der Waals surface area (Å²) in [5.74, 6) is 1.72. The van der Waals surface area contributed by atoms with E-state index in [-0.39, 0.29) is 40.8 Å². The van der Waals surface area contributed by atoms with Crippen LogP contribution in [0.5, 0.6) is 0 Å². The lowest BCUT2D eigenvalue weighted by molar-refractivity contribution is -0.122. The van der Waals surface area contributed by atoms with E-state index in [1.165, 1.54) is 21.8 Å². The van der Waals surface area contributed by atoms with Gasteiger partial charge < -0.3 is 5.32 Å². The van der Waals surface area contributed by atoms with Crippen LogP contribution in [0.15, 0.2) is 46.1 Å². The lowest BCUT2D eigenvalue weighted by Gasteiger charge is -2.31. The van der Waals surface area contributed by atoms with Gasteiger partial charge in [0.15, 0.2) is 0 Å². The van der Waals surface area contributed by atoms with Crippen LogP contribution in [-0.2, 0) is 17.6 Å². The van der Waals surface area contributed by atoms with E-state index in [0.29, 0.717) is 38.0 Å². The molecule has 1 saturated carbocycles. The fourth-order valence-corrected chi connectivity index (χ4v) is 7.70. The highest BCUT2D eigenvalue weighted by molar-refractivity contribution is 7.99. The van der Waals surface area contributed by atoms with E-state index in [1.54, 1.807) is 4.57 Å². The summed E-state index contributed by atoms with van der Waals surface area (Å²) in [4.78, 5) is 44.2. The van der Waals surface area contributed by atoms with Gasteiger partial charge in [0.2, 0.25) is 5.91 Å². The first-order chi connectivity index (χ1) is 18.5. The third-order valence-electron chi connectivity index (χ3n) is 8.52. The molecule has 9 heteroatoms. The van der Waals surface area contributed by atoms with Crippen molar-refractivity contribution in [3.8, 4) is 0 Å². The number of carbonyl (C=O) groups is 1. The zero-order valence-corrected chi connectivity index (χ0v) is 22.2. The zero-order chi connectivity index (χ0) is 26.2. The molecule has 2 aliphatic carbocycles. The summed E-state index contributed by atoms with van der Waals surface area (Å²) in [6, 6.07) is 9.33. The van der Waals surface area contributed by atoms with Crippen molar-refractivity contribution in [1.82, 2.24) is 19.4 Å². The van der Waals surface area contributed by atoms with Gasteiger partial charge >= 0.3 is 5.69 Å². The Labute approximate surface area is 224 Å². The molecule has 200 valence electrons. The van der Waals surface area contributed by atoms with Gasteiger partial charge in [-0.05, 0) is 86.0 Å². The third-order valence-corrected chi connectivity index (χ3v) is 9.56. The number of halogens is 1. The van der Waals surface area contributed by atoms with Crippen LogP contribution >= 0.6 is 11.8 Å². The van der Waals surface area contributed by atoms with E-state index >= 15 is 0 Å². The number of nitrogens with zero attached hydrogens (tertiary/aromatic N) is 3. The van der Waals surface area contributed by atoms with Gasteiger partial charge in [0.1, 0.15) is 11.5 Å². The van der Waals surface area contributed by atoms with E-state index in [0.717, 1.165) is 43.4 Å². The molecule has 1 saturated heterocycles. The number of hydrogen-bond acceptors (Lipinski definition) is 5. The first-order valence-electron chi connectivity index (χ1n) is 13.7. The minimum atomic E-state index is -0.581. The minimum Gasteiger partial charge on any atom is -0.353 e. The number of hydrogen-bond donors (Lipinski definition) is 1. The second kappa shape index (κ2) is 10.7. The second-order valence-electron chi connectivity index (χ2n) is 11.0. The first-order valence-corrected chi connectivity index (χ1v) is 14.9. The summed E-state index contributed by atoms with van der Waals surface area (Å²) in [6.45, 7) is 0. The molecule has 7 nitrogen and oxygen atoms in total. The molecule has 0 atom stereocenters. The van der Waals surface area contributed by atoms with Gasteiger partial charge in [-0.15, -0.1) is 0 Å². The SMILES string of the molecule is O=C(CC1Cc2ccccc2C1)N[C@H]1CC[C@@H](n2c(=O)c3cc(F)cnc3n(C3CCSCC3)c2=O)CC1. The number of benzene rings is 1. The van der Waals surface area contributed by atoms with Crippen molar-refractivity contribution in [2.24, 2.45) is 5.92 Å². The molecular weight excluding hydrogens is 503 g/mol. The maximum Gasteiger partial charge on any atom is 0.333 e. The topological polar surface area (TPSA) is 86.0 Å². The highest BCUT2D eigenvalue weighted by atomic mass is 32.2. The van der Waals surface area contributed by atoms with Crippen molar-refractivity contribution in [3.63, 3.8) is 0 Å². The van der Waals surface area contributed by atoms with Crippen molar-refractivity contribution in [3.05, 3.63) is 74.3 Å². The van der Waals surface area contributed by atoms with Crippen LogP contribution < -0.4 is 16.6 Å². The fraction of sp³-hybridized carbons (Fsp3) is 0.517. The first kappa shape index (κ1) is 25.3. The van der Waals surface area contributed by atoms with Crippen molar-refractivity contribution in [2.45, 2.75) is 75.9 Å². The van der Waals surface area contributed by atoms with E-state index in [1.807, 2.05) is 11.8 Å². The molecule has 2 fully saturated rings. The molecular formula is C29H33FN4O3S. The number of fused-ring (bicyclic) bond motifs is 2. The Morgan fingerprint density at radius 1 is 0.974 bits per heavy atom. The maximum absolute atomic E-state index is 14.1. The summed E-state index contributed by atoms with van der Waals surface area (Å²) in [5.41, 5.74) is 2.17. The predicted molar refractivity (Wildman–Crippen MR) is 147 cm³/mol. The van der Waals surface area contributed by atoms with Gasteiger partial charge in [0, 0.05) is 24.5 Å². The van der Waals surface area contributed by atoms with Crippen LogP contribution in [0.2, 0.25) is 0 Å². The lowest BCUT2D eigenvalue weighted by atomic mass is 9.90. The van der Waals surface area contributed by atoms with Crippen molar-refractivity contribution in [2.75, 3.05) is 11.5 Å². The Morgan fingerprint density at radius 3 is 2.32 bits per heavy atom. The quantitative estimate of drug-likeness (QED) is 0.529. The van der Waals surface area contributed by atoms with E-state index in [4.69, 9.17) is 0 Å². The van der Waals surface area contributed by atoms with E-state index in [9.17, 15) is 18.8 Å². The van der Waals surface area contributed by atoms with Crippen LogP contribution in [0.3, 0.4) is 0 Å². The summed E-state index contributed by atoms with van der Waals surface area (Å²) in [7, 11) is 0. The Kier molecular flexibility index (Phi) is 7.12. The van der Waals surface area contributed by atoms with Gasteiger partial charge in [-0.3, -0.25) is 18.7 Å². The summed E-state index contributed by atoms with van der Waals surface area (Å²) in [5, 5.41) is 3.37. The monoisotopic (exact) mass is 536 g/mol. The average Bonchev–Trinajstić information content (AvgIpc) is 3.33. The number of amides is 1. The highest BCUT2D eigenvalue weighted by Crippen LogP contribution is 2.31. The van der Waals surface area contributed by atoms with Crippen molar-refractivity contribution in [1.29, 1.82) is 0 Å². The van der Waals surface area contributed by atoms with Gasteiger partial charge in [-0.25, -0.2) is 14.2 Å². The van der Waals surface area contributed by atoms with Crippen LogP contribution in [0.4, 0.5) is 4.39 Å². The fourth-order valence-electron chi connectivity index (χ4n) is 6.62. The Hall–Kier alpha value is -2.94. The van der Waals surface area contributed by atoms with Crippen LogP contribution in [0, 0.1) is 11.7 Å². The van der Waals surface area contributed by atoms with Crippen molar-refractivity contribution >= 4 is 28.7 Å². The Morgan fingerprint density at radius 2 is 1.63 bits per heavy atom. The highest BCUT2D eigenvalue weighted by Gasteiger charge is 2.30. The Bertz CT molecular complexity index is 1450. The number of nitrogens with one attached hydrogen (secondary N) is 1. The third kappa shape index (κ3) is 4.93. The molecule has 1 amide bonds. The van der Waals surface area contributed by atoms with Crippen LogP contribution in [0.25, 0.3) is 11.0 Å². The average molecular weight is 537 g/mol. The van der Waals surface area contributed by atoms with E-state index < -0.39 is 11.4 Å². The van der Waals surface area contributed by atoms with Gasteiger partial charge in [-0.2, -0.15) is 11.8 Å². The standard InChI is InChI=1S/C29H33FN4O3S/c30-21-16-25-27(31-17-21)33(24-9-11-38-12-10-24)29(37)34(28(25)36)23-7-5-22(6-8-23)32-26(35)15-18-13-19-3-1-2-4-20(19)14-18/h1-4,16-18,22-24H,5-15H2,(H,32,35)/t22-,23+. The number of aromatic nitrogens is 3.